The summed E-state index contributed by atoms with van der Waals surface area (Å²) in [5, 5.41) is 0. The molecule has 1 aliphatic heterocycles. The smallest absolute Gasteiger partial charge is 0.138 e. The molecule has 1 aliphatic rings. The van der Waals surface area contributed by atoms with Crippen LogP contribution in [0.25, 0.3) is 5.69 Å². The molecule has 0 spiro atoms. The van der Waals surface area contributed by atoms with Gasteiger partial charge in [0.05, 0.1) is 6.61 Å². The van der Waals surface area contributed by atoms with Gasteiger partial charge in [-0.3, -0.25) is 4.90 Å². The highest BCUT2D eigenvalue weighted by Crippen LogP contribution is 2.29. The summed E-state index contributed by atoms with van der Waals surface area (Å²) in [4.78, 5) is 2.35. The first-order valence-corrected chi connectivity index (χ1v) is 8.54. The summed E-state index contributed by atoms with van der Waals surface area (Å²) < 4.78 is 21.1. The lowest BCUT2D eigenvalue weighted by molar-refractivity contribution is 0.0288. The van der Waals surface area contributed by atoms with E-state index < -0.39 is 0 Å². The molecule has 2 heterocycles. The zero-order chi connectivity index (χ0) is 17.2. The van der Waals surface area contributed by atoms with Gasteiger partial charge in [-0.05, 0) is 42.8 Å². The standard InChI is InChI=1S/C21H21FN2O/c1-16-3-2-4-17(13-16)14-24-11-12-25-21(24)18-9-10-23(15-18)20-7-5-19(22)6-8-20/h2-10,13,15,21H,11-12,14H2,1H3/t21-/m0/s1. The van der Waals surface area contributed by atoms with Crippen LogP contribution in [0, 0.1) is 12.7 Å². The molecular formula is C21H21FN2O. The van der Waals surface area contributed by atoms with E-state index in [-0.39, 0.29) is 12.0 Å². The second-order valence-corrected chi connectivity index (χ2v) is 6.51. The summed E-state index contributed by atoms with van der Waals surface area (Å²) in [5.74, 6) is -0.223. The number of hydrogen-bond acceptors (Lipinski definition) is 2. The Morgan fingerprint density at radius 3 is 2.76 bits per heavy atom. The Morgan fingerprint density at radius 1 is 1.12 bits per heavy atom. The molecule has 0 N–H and O–H groups in total. The zero-order valence-corrected chi connectivity index (χ0v) is 14.2. The van der Waals surface area contributed by atoms with Crippen LogP contribution < -0.4 is 0 Å². The van der Waals surface area contributed by atoms with Crippen molar-refractivity contribution in [3.63, 3.8) is 0 Å². The molecule has 0 saturated carbocycles. The van der Waals surface area contributed by atoms with Crippen molar-refractivity contribution in [2.75, 3.05) is 13.2 Å². The first kappa shape index (κ1) is 16.1. The third-order valence-corrected chi connectivity index (χ3v) is 4.58. The molecule has 0 amide bonds. The third kappa shape index (κ3) is 3.50. The second-order valence-electron chi connectivity index (χ2n) is 6.51. The summed E-state index contributed by atoms with van der Waals surface area (Å²) in [6, 6.07) is 17.2. The van der Waals surface area contributed by atoms with Crippen LogP contribution in [0.3, 0.4) is 0 Å². The van der Waals surface area contributed by atoms with E-state index in [1.165, 1.54) is 23.3 Å². The fraction of sp³-hybridized carbons (Fsp3) is 0.238. The molecule has 3 aromatic rings. The van der Waals surface area contributed by atoms with Crippen LogP contribution in [0.4, 0.5) is 4.39 Å². The van der Waals surface area contributed by atoms with Gasteiger partial charge in [0, 0.05) is 36.7 Å². The molecule has 1 saturated heterocycles. The fourth-order valence-electron chi connectivity index (χ4n) is 3.35. The molecule has 4 rings (SSSR count). The van der Waals surface area contributed by atoms with Gasteiger partial charge in [0.1, 0.15) is 12.0 Å². The van der Waals surface area contributed by atoms with Crippen molar-refractivity contribution in [2.24, 2.45) is 0 Å². The van der Waals surface area contributed by atoms with Crippen LogP contribution in [0.2, 0.25) is 0 Å². The van der Waals surface area contributed by atoms with Gasteiger partial charge in [-0.1, -0.05) is 29.8 Å². The zero-order valence-electron chi connectivity index (χ0n) is 14.2. The number of aryl methyl sites for hydroxylation is 1. The van der Waals surface area contributed by atoms with Crippen molar-refractivity contribution in [2.45, 2.75) is 19.7 Å². The Hall–Kier alpha value is -2.43. The molecule has 1 aromatic heterocycles. The van der Waals surface area contributed by atoms with Crippen molar-refractivity contribution < 1.29 is 9.13 Å². The predicted molar refractivity (Wildman–Crippen MR) is 96.0 cm³/mol. The van der Waals surface area contributed by atoms with E-state index in [2.05, 4.69) is 48.4 Å². The van der Waals surface area contributed by atoms with E-state index in [1.54, 1.807) is 12.1 Å². The molecular weight excluding hydrogens is 315 g/mol. The largest absolute Gasteiger partial charge is 0.357 e. The SMILES string of the molecule is Cc1cccc(CN2CCO[C@H]2c2ccn(-c3ccc(F)cc3)c2)c1. The summed E-state index contributed by atoms with van der Waals surface area (Å²) in [6.45, 7) is 4.64. The summed E-state index contributed by atoms with van der Waals surface area (Å²) in [7, 11) is 0. The van der Waals surface area contributed by atoms with E-state index in [4.69, 9.17) is 4.74 Å². The molecule has 0 unspecified atom stereocenters. The van der Waals surface area contributed by atoms with Crippen molar-refractivity contribution in [3.05, 3.63) is 89.5 Å². The molecule has 128 valence electrons. The minimum Gasteiger partial charge on any atom is -0.357 e. The minimum atomic E-state index is -0.223. The van der Waals surface area contributed by atoms with E-state index in [0.29, 0.717) is 0 Å². The number of aromatic nitrogens is 1. The van der Waals surface area contributed by atoms with Gasteiger partial charge in [-0.2, -0.15) is 0 Å². The molecule has 3 nitrogen and oxygen atoms in total. The average molecular weight is 336 g/mol. The Morgan fingerprint density at radius 2 is 1.96 bits per heavy atom. The second kappa shape index (κ2) is 6.82. The highest BCUT2D eigenvalue weighted by atomic mass is 19.1. The highest BCUT2D eigenvalue weighted by molar-refractivity contribution is 5.34. The maximum absolute atomic E-state index is 13.1. The van der Waals surface area contributed by atoms with E-state index >= 15 is 0 Å². The molecule has 0 bridgehead atoms. The van der Waals surface area contributed by atoms with E-state index in [1.807, 2.05) is 10.8 Å². The number of halogens is 1. The lowest BCUT2D eigenvalue weighted by atomic mass is 10.1. The van der Waals surface area contributed by atoms with Crippen molar-refractivity contribution >= 4 is 0 Å². The van der Waals surface area contributed by atoms with Gasteiger partial charge in [-0.15, -0.1) is 0 Å². The lowest BCUT2D eigenvalue weighted by Crippen LogP contribution is -2.23. The predicted octanol–water partition coefficient (Wildman–Crippen LogP) is 4.46. The van der Waals surface area contributed by atoms with Crippen LogP contribution in [0.5, 0.6) is 0 Å². The third-order valence-electron chi connectivity index (χ3n) is 4.58. The van der Waals surface area contributed by atoms with Gasteiger partial charge < -0.3 is 9.30 Å². The van der Waals surface area contributed by atoms with Gasteiger partial charge >= 0.3 is 0 Å². The van der Waals surface area contributed by atoms with Crippen molar-refractivity contribution in [1.29, 1.82) is 0 Å². The quantitative estimate of drug-likeness (QED) is 0.700. The summed E-state index contributed by atoms with van der Waals surface area (Å²) in [5.41, 5.74) is 4.63. The van der Waals surface area contributed by atoms with Crippen LogP contribution in [-0.4, -0.2) is 22.6 Å². The highest BCUT2D eigenvalue weighted by Gasteiger charge is 2.27. The first-order chi connectivity index (χ1) is 12.2. The summed E-state index contributed by atoms with van der Waals surface area (Å²) >= 11 is 0. The van der Waals surface area contributed by atoms with Gasteiger partial charge in [-0.25, -0.2) is 4.39 Å². The number of ether oxygens (including phenoxy) is 1. The Labute approximate surface area is 147 Å². The Balaban J connectivity index is 1.53. The molecule has 0 aliphatic carbocycles. The van der Waals surface area contributed by atoms with E-state index in [9.17, 15) is 4.39 Å². The maximum atomic E-state index is 13.1. The molecule has 4 heteroatoms. The van der Waals surface area contributed by atoms with Crippen LogP contribution in [-0.2, 0) is 11.3 Å². The normalized spacial score (nSPS) is 17.9. The molecule has 1 atom stereocenters. The van der Waals surface area contributed by atoms with E-state index in [0.717, 1.165) is 30.9 Å². The Kier molecular flexibility index (Phi) is 4.38. The molecule has 0 radical (unpaired) electrons. The topological polar surface area (TPSA) is 17.4 Å². The van der Waals surface area contributed by atoms with Gasteiger partial charge in [0.25, 0.3) is 0 Å². The Bertz CT molecular complexity index is 856. The first-order valence-electron chi connectivity index (χ1n) is 8.54. The summed E-state index contributed by atoms with van der Waals surface area (Å²) in [6.07, 6.45) is 4.02. The maximum Gasteiger partial charge on any atom is 0.138 e. The number of rotatable bonds is 4. The number of benzene rings is 2. The average Bonchev–Trinajstić information content (AvgIpc) is 3.25. The molecule has 25 heavy (non-hydrogen) atoms. The molecule has 1 fully saturated rings. The van der Waals surface area contributed by atoms with Crippen LogP contribution >= 0.6 is 0 Å². The van der Waals surface area contributed by atoms with Crippen molar-refractivity contribution in [3.8, 4) is 5.69 Å². The number of nitrogens with zero attached hydrogens (tertiary/aromatic N) is 2. The van der Waals surface area contributed by atoms with Gasteiger partial charge in [0.2, 0.25) is 0 Å². The lowest BCUT2D eigenvalue weighted by Gasteiger charge is -2.22. The van der Waals surface area contributed by atoms with Crippen molar-refractivity contribution in [1.82, 2.24) is 9.47 Å². The van der Waals surface area contributed by atoms with Gasteiger partial charge in [0.15, 0.2) is 0 Å². The van der Waals surface area contributed by atoms with Crippen LogP contribution in [0.1, 0.15) is 22.9 Å². The fourth-order valence-corrected chi connectivity index (χ4v) is 3.35. The van der Waals surface area contributed by atoms with Crippen LogP contribution in [0.15, 0.2) is 67.0 Å². The minimum absolute atomic E-state index is 0.0396. The monoisotopic (exact) mass is 336 g/mol. The molecule has 2 aromatic carbocycles. The number of hydrogen-bond donors (Lipinski definition) is 0.